The van der Waals surface area contributed by atoms with Crippen LogP contribution in [0.25, 0.3) is 0 Å². The molecule has 1 unspecified atom stereocenters. The van der Waals surface area contributed by atoms with Crippen molar-refractivity contribution >= 4 is 15.9 Å². The zero-order valence-electron chi connectivity index (χ0n) is 10.9. The maximum Gasteiger partial charge on any atom is 0.166 e. The lowest BCUT2D eigenvalue weighted by Crippen LogP contribution is -2.18. The number of hydrogen-bond acceptors (Lipinski definition) is 2. The van der Waals surface area contributed by atoms with E-state index in [1.54, 1.807) is 6.07 Å². The van der Waals surface area contributed by atoms with Crippen LogP contribution in [0, 0.1) is 11.6 Å². The third-order valence-electron chi connectivity index (χ3n) is 2.68. The zero-order valence-corrected chi connectivity index (χ0v) is 12.5. The van der Waals surface area contributed by atoms with Crippen LogP contribution in [-0.2, 0) is 6.42 Å². The quantitative estimate of drug-likeness (QED) is 0.893. The normalized spacial score (nSPS) is 12.2. The molecule has 0 saturated heterocycles. The fraction of sp³-hybridized carbons (Fsp3) is 0.200. The lowest BCUT2D eigenvalue weighted by Gasteiger charge is -2.13. The van der Waals surface area contributed by atoms with Crippen molar-refractivity contribution in [2.45, 2.75) is 19.4 Å². The standard InChI is InChI=1S/C15H14BrF2NO/c1-9(19)6-10-7-12(17)3-5-14(10)20-15-4-2-11(16)8-13(15)18/h2-5,7-9H,6,19H2,1H3. The first kappa shape index (κ1) is 14.9. The minimum Gasteiger partial charge on any atom is -0.454 e. The van der Waals surface area contributed by atoms with Gasteiger partial charge in [0.05, 0.1) is 0 Å². The van der Waals surface area contributed by atoms with Gasteiger partial charge >= 0.3 is 0 Å². The molecule has 0 aliphatic heterocycles. The van der Waals surface area contributed by atoms with E-state index in [-0.39, 0.29) is 17.6 Å². The molecule has 2 aromatic rings. The van der Waals surface area contributed by atoms with E-state index in [9.17, 15) is 8.78 Å². The molecular weight excluding hydrogens is 328 g/mol. The van der Waals surface area contributed by atoms with E-state index in [1.165, 1.54) is 30.3 Å². The van der Waals surface area contributed by atoms with E-state index in [1.807, 2.05) is 6.92 Å². The van der Waals surface area contributed by atoms with Gasteiger partial charge in [0.2, 0.25) is 0 Å². The fourth-order valence-corrected chi connectivity index (χ4v) is 2.16. The van der Waals surface area contributed by atoms with Crippen molar-refractivity contribution in [3.63, 3.8) is 0 Å². The number of halogens is 3. The molecule has 1 atom stereocenters. The van der Waals surface area contributed by atoms with Gasteiger partial charge in [0.25, 0.3) is 0 Å². The Kier molecular flexibility index (Phi) is 4.73. The summed E-state index contributed by atoms with van der Waals surface area (Å²) in [6.45, 7) is 1.81. The van der Waals surface area contributed by atoms with Gasteiger partial charge in [-0.25, -0.2) is 8.78 Å². The van der Waals surface area contributed by atoms with Gasteiger partial charge in [-0.1, -0.05) is 15.9 Å². The first-order valence-corrected chi connectivity index (χ1v) is 6.92. The summed E-state index contributed by atoms with van der Waals surface area (Å²) in [6.07, 6.45) is 0.450. The van der Waals surface area contributed by atoms with E-state index in [2.05, 4.69) is 15.9 Å². The van der Waals surface area contributed by atoms with E-state index >= 15 is 0 Å². The highest BCUT2D eigenvalue weighted by Gasteiger charge is 2.11. The maximum absolute atomic E-state index is 13.8. The van der Waals surface area contributed by atoms with Crippen LogP contribution in [0.1, 0.15) is 12.5 Å². The Morgan fingerprint density at radius 2 is 1.85 bits per heavy atom. The number of nitrogens with two attached hydrogens (primary N) is 1. The Bertz CT molecular complexity index is 617. The van der Waals surface area contributed by atoms with Crippen LogP contribution in [-0.4, -0.2) is 6.04 Å². The topological polar surface area (TPSA) is 35.2 Å². The van der Waals surface area contributed by atoms with Crippen LogP contribution in [0.15, 0.2) is 40.9 Å². The summed E-state index contributed by atoms with van der Waals surface area (Å²) in [5, 5.41) is 0. The summed E-state index contributed by atoms with van der Waals surface area (Å²) < 4.78 is 33.2. The van der Waals surface area contributed by atoms with Crippen LogP contribution < -0.4 is 10.5 Å². The predicted octanol–water partition coefficient (Wildman–Crippen LogP) is 4.41. The van der Waals surface area contributed by atoms with Gasteiger partial charge in [-0.05, 0) is 55.3 Å². The van der Waals surface area contributed by atoms with Gasteiger partial charge in [-0.3, -0.25) is 0 Å². The number of benzene rings is 2. The van der Waals surface area contributed by atoms with Gasteiger partial charge in [-0.15, -0.1) is 0 Å². The first-order valence-electron chi connectivity index (χ1n) is 6.12. The number of ether oxygens (including phenoxy) is 1. The molecule has 2 nitrogen and oxygen atoms in total. The van der Waals surface area contributed by atoms with E-state index in [0.29, 0.717) is 22.2 Å². The van der Waals surface area contributed by atoms with Crippen molar-refractivity contribution in [3.05, 3.63) is 58.1 Å². The monoisotopic (exact) mass is 341 g/mol. The second-order valence-corrected chi connectivity index (χ2v) is 5.53. The lowest BCUT2D eigenvalue weighted by molar-refractivity contribution is 0.434. The second-order valence-electron chi connectivity index (χ2n) is 4.61. The van der Waals surface area contributed by atoms with Gasteiger partial charge in [0.15, 0.2) is 11.6 Å². The molecule has 0 aliphatic rings. The minimum atomic E-state index is -0.490. The molecular formula is C15H14BrF2NO. The van der Waals surface area contributed by atoms with Crippen molar-refractivity contribution < 1.29 is 13.5 Å². The van der Waals surface area contributed by atoms with Crippen LogP contribution in [0.4, 0.5) is 8.78 Å². The molecule has 5 heteroatoms. The smallest absolute Gasteiger partial charge is 0.166 e. The van der Waals surface area contributed by atoms with Crippen molar-refractivity contribution in [1.82, 2.24) is 0 Å². The van der Waals surface area contributed by atoms with Crippen LogP contribution >= 0.6 is 15.9 Å². The zero-order chi connectivity index (χ0) is 14.7. The second kappa shape index (κ2) is 6.33. The summed E-state index contributed by atoms with van der Waals surface area (Å²) in [4.78, 5) is 0. The van der Waals surface area contributed by atoms with Crippen molar-refractivity contribution in [2.75, 3.05) is 0 Å². The average molecular weight is 342 g/mol. The highest BCUT2D eigenvalue weighted by Crippen LogP contribution is 2.30. The van der Waals surface area contributed by atoms with Crippen LogP contribution in [0.3, 0.4) is 0 Å². The Labute approximate surface area is 124 Å². The van der Waals surface area contributed by atoms with E-state index < -0.39 is 5.82 Å². The van der Waals surface area contributed by atoms with Gasteiger partial charge in [0.1, 0.15) is 11.6 Å². The Morgan fingerprint density at radius 1 is 1.15 bits per heavy atom. The SMILES string of the molecule is CC(N)Cc1cc(F)ccc1Oc1ccc(Br)cc1F. The summed E-state index contributed by atoms with van der Waals surface area (Å²) in [6, 6.07) is 8.46. The molecule has 0 heterocycles. The molecule has 0 aliphatic carbocycles. The number of rotatable bonds is 4. The van der Waals surface area contributed by atoms with Crippen molar-refractivity contribution in [2.24, 2.45) is 5.73 Å². The third kappa shape index (κ3) is 3.77. The largest absolute Gasteiger partial charge is 0.454 e. The molecule has 0 aromatic heterocycles. The van der Waals surface area contributed by atoms with Crippen molar-refractivity contribution in [1.29, 1.82) is 0 Å². The Balaban J connectivity index is 2.32. The molecule has 0 amide bonds. The molecule has 0 fully saturated rings. The molecule has 2 aromatic carbocycles. The maximum atomic E-state index is 13.8. The first-order chi connectivity index (χ1) is 9.45. The average Bonchev–Trinajstić information content (AvgIpc) is 2.34. The summed E-state index contributed by atoms with van der Waals surface area (Å²) in [7, 11) is 0. The minimum absolute atomic E-state index is 0.0886. The molecule has 0 saturated carbocycles. The Morgan fingerprint density at radius 3 is 2.50 bits per heavy atom. The van der Waals surface area contributed by atoms with Crippen molar-refractivity contribution in [3.8, 4) is 11.5 Å². The van der Waals surface area contributed by atoms with Crippen LogP contribution in [0.2, 0.25) is 0 Å². The highest BCUT2D eigenvalue weighted by atomic mass is 79.9. The lowest BCUT2D eigenvalue weighted by atomic mass is 10.1. The summed E-state index contributed by atoms with van der Waals surface area (Å²) in [5.41, 5.74) is 6.34. The molecule has 0 bridgehead atoms. The predicted molar refractivity (Wildman–Crippen MR) is 77.9 cm³/mol. The molecule has 20 heavy (non-hydrogen) atoms. The van der Waals surface area contributed by atoms with E-state index in [0.717, 1.165) is 0 Å². The summed E-state index contributed by atoms with van der Waals surface area (Å²) in [5.74, 6) is -0.365. The molecule has 2 N–H and O–H groups in total. The summed E-state index contributed by atoms with van der Waals surface area (Å²) >= 11 is 3.18. The molecule has 0 spiro atoms. The van der Waals surface area contributed by atoms with Crippen LogP contribution in [0.5, 0.6) is 11.5 Å². The van der Waals surface area contributed by atoms with E-state index in [4.69, 9.17) is 10.5 Å². The van der Waals surface area contributed by atoms with Gasteiger partial charge in [-0.2, -0.15) is 0 Å². The Hall–Kier alpha value is -1.46. The third-order valence-corrected chi connectivity index (χ3v) is 3.17. The fourth-order valence-electron chi connectivity index (χ4n) is 1.83. The van der Waals surface area contributed by atoms with Gasteiger partial charge < -0.3 is 10.5 Å². The number of hydrogen-bond donors (Lipinski definition) is 1. The highest BCUT2D eigenvalue weighted by molar-refractivity contribution is 9.10. The molecule has 106 valence electrons. The molecule has 2 rings (SSSR count). The molecule has 0 radical (unpaired) electrons. The van der Waals surface area contributed by atoms with Gasteiger partial charge in [0, 0.05) is 10.5 Å².